The first kappa shape index (κ1) is 9.48. The summed E-state index contributed by atoms with van der Waals surface area (Å²) in [5.74, 6) is 0.621. The van der Waals surface area contributed by atoms with Crippen molar-refractivity contribution in [1.29, 1.82) is 0 Å². The Bertz CT molecular complexity index is 589. The van der Waals surface area contributed by atoms with Crippen molar-refractivity contribution in [2.45, 2.75) is 6.42 Å². The Morgan fingerprint density at radius 1 is 1.25 bits per heavy atom. The van der Waals surface area contributed by atoms with Crippen LogP contribution < -0.4 is 0 Å². The van der Waals surface area contributed by atoms with Gasteiger partial charge in [0.1, 0.15) is 5.52 Å². The molecule has 0 N–H and O–H groups in total. The first-order valence-corrected chi connectivity index (χ1v) is 5.51. The number of allylic oxidation sites excluding steroid dienone is 4. The first-order chi connectivity index (χ1) is 7.84. The molecule has 2 aromatic rings. The van der Waals surface area contributed by atoms with Crippen LogP contribution >= 0.6 is 12.2 Å². The summed E-state index contributed by atoms with van der Waals surface area (Å²) in [6.07, 6.45) is 6.77. The summed E-state index contributed by atoms with van der Waals surface area (Å²) in [6.45, 7) is 0. The van der Waals surface area contributed by atoms with Crippen LogP contribution in [0.1, 0.15) is 12.3 Å². The molecule has 0 amide bonds. The second-order valence-electron chi connectivity index (χ2n) is 3.62. The van der Waals surface area contributed by atoms with Gasteiger partial charge in [0.05, 0.1) is 5.57 Å². The van der Waals surface area contributed by atoms with Gasteiger partial charge in [0.2, 0.25) is 5.89 Å². The molecule has 0 spiro atoms. The minimum absolute atomic E-state index is 0.621. The summed E-state index contributed by atoms with van der Waals surface area (Å²) in [7, 11) is 0. The molecule has 2 nitrogen and oxygen atoms in total. The average Bonchev–Trinajstić information content (AvgIpc) is 2.73. The molecule has 0 aliphatic heterocycles. The second-order valence-corrected chi connectivity index (χ2v) is 4.12. The van der Waals surface area contributed by atoms with E-state index in [1.54, 1.807) is 0 Å². The number of rotatable bonds is 1. The monoisotopic (exact) mass is 227 g/mol. The Labute approximate surface area is 98.3 Å². The van der Waals surface area contributed by atoms with Crippen molar-refractivity contribution in [3.63, 3.8) is 0 Å². The third-order valence-electron chi connectivity index (χ3n) is 2.53. The van der Waals surface area contributed by atoms with E-state index in [0.29, 0.717) is 5.89 Å². The predicted molar refractivity (Wildman–Crippen MR) is 68.3 cm³/mol. The summed E-state index contributed by atoms with van der Waals surface area (Å²) in [6, 6.07) is 7.73. The van der Waals surface area contributed by atoms with Gasteiger partial charge >= 0.3 is 0 Å². The van der Waals surface area contributed by atoms with Crippen molar-refractivity contribution in [3.8, 4) is 0 Å². The zero-order valence-corrected chi connectivity index (χ0v) is 9.33. The van der Waals surface area contributed by atoms with E-state index in [2.05, 4.69) is 4.98 Å². The number of nitrogens with zero attached hydrogens (tertiary/aromatic N) is 1. The molecule has 78 valence electrons. The molecule has 0 fully saturated rings. The van der Waals surface area contributed by atoms with E-state index in [-0.39, 0.29) is 0 Å². The number of hydrogen-bond acceptors (Lipinski definition) is 3. The van der Waals surface area contributed by atoms with Gasteiger partial charge in [-0.05, 0) is 18.2 Å². The van der Waals surface area contributed by atoms with Gasteiger partial charge in [0, 0.05) is 11.3 Å². The minimum atomic E-state index is 0.621. The highest BCUT2D eigenvalue weighted by atomic mass is 32.1. The number of fused-ring (bicyclic) bond motifs is 1. The fourth-order valence-corrected chi connectivity index (χ4v) is 1.97. The van der Waals surface area contributed by atoms with Crippen LogP contribution in [-0.2, 0) is 0 Å². The lowest BCUT2D eigenvalue weighted by Crippen LogP contribution is -2.00. The summed E-state index contributed by atoms with van der Waals surface area (Å²) >= 11 is 5.29. The zero-order valence-electron chi connectivity index (χ0n) is 8.51. The number of para-hydroxylation sites is 2. The maximum absolute atomic E-state index is 5.68. The van der Waals surface area contributed by atoms with Crippen molar-refractivity contribution in [2.24, 2.45) is 0 Å². The van der Waals surface area contributed by atoms with Crippen LogP contribution in [0, 0.1) is 0 Å². The SMILES string of the molecule is S=C1CC=CC=C1c1nc2ccccc2o1. The summed E-state index contributed by atoms with van der Waals surface area (Å²) < 4.78 is 5.68. The van der Waals surface area contributed by atoms with Crippen molar-refractivity contribution in [3.05, 3.63) is 48.4 Å². The first-order valence-electron chi connectivity index (χ1n) is 5.10. The molecular formula is C13H9NOS. The standard InChI is InChI=1S/C13H9NOS/c16-12-8-4-1-5-9(12)13-14-10-6-2-3-7-11(10)15-13/h1-7H,8H2. The van der Waals surface area contributed by atoms with Crippen LogP contribution in [-0.4, -0.2) is 9.85 Å². The maximum atomic E-state index is 5.68. The van der Waals surface area contributed by atoms with Gasteiger partial charge in [-0.2, -0.15) is 0 Å². The van der Waals surface area contributed by atoms with E-state index in [1.807, 2.05) is 42.5 Å². The van der Waals surface area contributed by atoms with Crippen LogP contribution in [0.2, 0.25) is 0 Å². The average molecular weight is 227 g/mol. The van der Waals surface area contributed by atoms with E-state index in [9.17, 15) is 0 Å². The lowest BCUT2D eigenvalue weighted by Gasteiger charge is -2.05. The molecule has 1 heterocycles. The fourth-order valence-electron chi connectivity index (χ4n) is 1.72. The Morgan fingerprint density at radius 3 is 2.94 bits per heavy atom. The number of benzene rings is 1. The lowest BCUT2D eigenvalue weighted by atomic mass is 10.1. The molecule has 0 bridgehead atoms. The highest BCUT2D eigenvalue weighted by Crippen LogP contribution is 2.24. The molecule has 3 rings (SSSR count). The summed E-state index contributed by atoms with van der Waals surface area (Å²) in [5, 5.41) is 0. The zero-order chi connectivity index (χ0) is 11.0. The molecule has 16 heavy (non-hydrogen) atoms. The maximum Gasteiger partial charge on any atom is 0.228 e. The smallest absolute Gasteiger partial charge is 0.228 e. The third-order valence-corrected chi connectivity index (χ3v) is 2.91. The molecule has 0 radical (unpaired) electrons. The Hall–Kier alpha value is -1.74. The van der Waals surface area contributed by atoms with Gasteiger partial charge < -0.3 is 4.42 Å². The molecule has 3 heteroatoms. The van der Waals surface area contributed by atoms with Crippen molar-refractivity contribution in [1.82, 2.24) is 4.98 Å². The van der Waals surface area contributed by atoms with Crippen molar-refractivity contribution < 1.29 is 4.42 Å². The molecule has 1 aliphatic carbocycles. The fraction of sp³-hybridized carbons (Fsp3) is 0.0769. The number of hydrogen-bond donors (Lipinski definition) is 0. The Balaban J connectivity index is 2.15. The molecule has 1 aromatic heterocycles. The van der Waals surface area contributed by atoms with E-state index in [1.165, 1.54) is 0 Å². The van der Waals surface area contributed by atoms with Gasteiger partial charge in [-0.25, -0.2) is 4.98 Å². The molecule has 1 aromatic carbocycles. The Kier molecular flexibility index (Phi) is 2.18. The summed E-state index contributed by atoms with van der Waals surface area (Å²) in [5.41, 5.74) is 2.60. The van der Waals surface area contributed by atoms with Crippen molar-refractivity contribution in [2.75, 3.05) is 0 Å². The minimum Gasteiger partial charge on any atom is -0.436 e. The number of oxazole rings is 1. The number of thiocarbonyl (C=S) groups is 1. The molecule has 0 atom stereocenters. The van der Waals surface area contributed by atoms with Gasteiger partial charge in [0.15, 0.2) is 5.58 Å². The van der Waals surface area contributed by atoms with Crippen LogP contribution in [0.25, 0.3) is 16.7 Å². The van der Waals surface area contributed by atoms with E-state index in [4.69, 9.17) is 16.6 Å². The van der Waals surface area contributed by atoms with Gasteiger partial charge in [0.25, 0.3) is 0 Å². The molecule has 0 saturated carbocycles. The number of aromatic nitrogens is 1. The molecule has 0 unspecified atom stereocenters. The van der Waals surface area contributed by atoms with E-state index >= 15 is 0 Å². The normalized spacial score (nSPS) is 15.5. The van der Waals surface area contributed by atoms with Crippen LogP contribution in [0.5, 0.6) is 0 Å². The van der Waals surface area contributed by atoms with E-state index in [0.717, 1.165) is 28.0 Å². The molecule has 1 aliphatic rings. The second kappa shape index (κ2) is 3.68. The highest BCUT2D eigenvalue weighted by molar-refractivity contribution is 7.81. The van der Waals surface area contributed by atoms with Gasteiger partial charge in [-0.3, -0.25) is 0 Å². The van der Waals surface area contributed by atoms with Gasteiger partial charge in [-0.15, -0.1) is 0 Å². The topological polar surface area (TPSA) is 26.0 Å². The third kappa shape index (κ3) is 1.49. The van der Waals surface area contributed by atoms with Crippen LogP contribution in [0.15, 0.2) is 46.9 Å². The largest absolute Gasteiger partial charge is 0.436 e. The van der Waals surface area contributed by atoms with E-state index < -0.39 is 0 Å². The lowest BCUT2D eigenvalue weighted by molar-refractivity contribution is 0.587. The predicted octanol–water partition coefficient (Wildman–Crippen LogP) is 3.54. The van der Waals surface area contributed by atoms with Crippen molar-refractivity contribution >= 4 is 33.8 Å². The van der Waals surface area contributed by atoms with Crippen LogP contribution in [0.3, 0.4) is 0 Å². The quantitative estimate of drug-likeness (QED) is 0.697. The Morgan fingerprint density at radius 2 is 2.12 bits per heavy atom. The van der Waals surface area contributed by atoms with Crippen LogP contribution in [0.4, 0.5) is 0 Å². The molecular weight excluding hydrogens is 218 g/mol. The van der Waals surface area contributed by atoms with Gasteiger partial charge in [-0.1, -0.05) is 36.5 Å². The molecule has 0 saturated heterocycles. The highest BCUT2D eigenvalue weighted by Gasteiger charge is 2.15. The summed E-state index contributed by atoms with van der Waals surface area (Å²) in [4.78, 5) is 5.31.